The van der Waals surface area contributed by atoms with Gasteiger partial charge in [-0.15, -0.1) is 0 Å². The van der Waals surface area contributed by atoms with Crippen LogP contribution in [-0.2, 0) is 0 Å². The van der Waals surface area contributed by atoms with Crippen molar-refractivity contribution in [3.63, 3.8) is 0 Å². The quantitative estimate of drug-likeness (QED) is 0.725. The van der Waals surface area contributed by atoms with Gasteiger partial charge in [-0.05, 0) is 39.2 Å². The average Bonchev–Trinajstić information content (AvgIpc) is 2.18. The molecule has 1 saturated heterocycles. The van der Waals surface area contributed by atoms with Gasteiger partial charge in [-0.3, -0.25) is 4.90 Å². The van der Waals surface area contributed by atoms with Crippen molar-refractivity contribution in [1.82, 2.24) is 4.90 Å². The van der Waals surface area contributed by atoms with E-state index in [2.05, 4.69) is 25.7 Å². The molecule has 0 spiro atoms. The summed E-state index contributed by atoms with van der Waals surface area (Å²) in [6.07, 6.45) is 4.08. The molecule has 1 heterocycles. The first-order valence-corrected chi connectivity index (χ1v) is 5.55. The molecular weight excluding hydrogens is 160 g/mol. The molecule has 1 aliphatic rings. The fourth-order valence-electron chi connectivity index (χ4n) is 2.08. The van der Waals surface area contributed by atoms with Gasteiger partial charge in [-0.25, -0.2) is 0 Å². The van der Waals surface area contributed by atoms with E-state index in [1.165, 1.54) is 32.4 Å². The third-order valence-electron chi connectivity index (χ3n) is 3.45. The van der Waals surface area contributed by atoms with E-state index >= 15 is 0 Å². The standard InChI is InChI=1S/C11H24N2/c1-4-10-6-5-7-13(8-10)11(2,3)9-12/h10H,4-9,12H2,1-3H3. The Morgan fingerprint density at radius 1 is 1.46 bits per heavy atom. The van der Waals surface area contributed by atoms with Crippen molar-refractivity contribution in [2.45, 2.75) is 45.6 Å². The van der Waals surface area contributed by atoms with E-state index in [0.717, 1.165) is 12.5 Å². The van der Waals surface area contributed by atoms with Gasteiger partial charge in [-0.2, -0.15) is 0 Å². The number of nitrogens with zero attached hydrogens (tertiary/aromatic N) is 1. The van der Waals surface area contributed by atoms with Gasteiger partial charge < -0.3 is 5.73 Å². The molecule has 13 heavy (non-hydrogen) atoms. The molecular formula is C11H24N2. The third kappa shape index (κ3) is 2.68. The minimum atomic E-state index is 0.202. The molecule has 0 aliphatic carbocycles. The maximum atomic E-state index is 5.78. The first kappa shape index (κ1) is 11.0. The van der Waals surface area contributed by atoms with Gasteiger partial charge in [0, 0.05) is 18.6 Å². The molecule has 1 fully saturated rings. The van der Waals surface area contributed by atoms with Crippen LogP contribution in [0.25, 0.3) is 0 Å². The van der Waals surface area contributed by atoms with Gasteiger partial charge >= 0.3 is 0 Å². The maximum Gasteiger partial charge on any atom is 0.0275 e. The van der Waals surface area contributed by atoms with Gasteiger partial charge in [0.05, 0.1) is 0 Å². The number of piperidine rings is 1. The van der Waals surface area contributed by atoms with Crippen molar-refractivity contribution in [3.8, 4) is 0 Å². The van der Waals surface area contributed by atoms with Crippen LogP contribution in [-0.4, -0.2) is 30.1 Å². The minimum Gasteiger partial charge on any atom is -0.329 e. The first-order chi connectivity index (χ1) is 6.10. The van der Waals surface area contributed by atoms with Crippen LogP contribution in [0.2, 0.25) is 0 Å². The Labute approximate surface area is 82.5 Å². The number of rotatable bonds is 3. The van der Waals surface area contributed by atoms with Crippen molar-refractivity contribution >= 4 is 0 Å². The van der Waals surface area contributed by atoms with Crippen molar-refractivity contribution in [3.05, 3.63) is 0 Å². The highest BCUT2D eigenvalue weighted by molar-refractivity contribution is 4.86. The second-order valence-electron chi connectivity index (χ2n) is 4.88. The fourth-order valence-corrected chi connectivity index (χ4v) is 2.08. The number of nitrogens with two attached hydrogens (primary N) is 1. The minimum absolute atomic E-state index is 0.202. The summed E-state index contributed by atoms with van der Waals surface area (Å²) in [5, 5.41) is 0. The average molecular weight is 184 g/mol. The number of likely N-dealkylation sites (tertiary alicyclic amines) is 1. The molecule has 0 bridgehead atoms. The molecule has 0 aromatic rings. The molecule has 1 aliphatic heterocycles. The van der Waals surface area contributed by atoms with Crippen LogP contribution in [0, 0.1) is 5.92 Å². The Morgan fingerprint density at radius 3 is 2.69 bits per heavy atom. The lowest BCUT2D eigenvalue weighted by atomic mass is 9.91. The summed E-state index contributed by atoms with van der Waals surface area (Å²) in [7, 11) is 0. The summed E-state index contributed by atoms with van der Waals surface area (Å²) >= 11 is 0. The maximum absolute atomic E-state index is 5.78. The van der Waals surface area contributed by atoms with Gasteiger partial charge in [0.15, 0.2) is 0 Å². The van der Waals surface area contributed by atoms with Crippen LogP contribution in [0.4, 0.5) is 0 Å². The predicted octanol–water partition coefficient (Wildman–Crippen LogP) is 1.85. The van der Waals surface area contributed by atoms with Gasteiger partial charge in [0.1, 0.15) is 0 Å². The van der Waals surface area contributed by atoms with Crippen LogP contribution >= 0.6 is 0 Å². The molecule has 2 N–H and O–H groups in total. The van der Waals surface area contributed by atoms with Gasteiger partial charge in [0.2, 0.25) is 0 Å². The van der Waals surface area contributed by atoms with Gasteiger partial charge in [0.25, 0.3) is 0 Å². The van der Waals surface area contributed by atoms with E-state index in [1.807, 2.05) is 0 Å². The largest absolute Gasteiger partial charge is 0.329 e. The summed E-state index contributed by atoms with van der Waals surface area (Å²) in [4.78, 5) is 2.56. The second kappa shape index (κ2) is 4.43. The Kier molecular flexibility index (Phi) is 3.74. The molecule has 0 radical (unpaired) electrons. The first-order valence-electron chi connectivity index (χ1n) is 5.55. The summed E-state index contributed by atoms with van der Waals surface area (Å²) in [5.41, 5.74) is 5.98. The van der Waals surface area contributed by atoms with Crippen LogP contribution in [0.15, 0.2) is 0 Å². The summed E-state index contributed by atoms with van der Waals surface area (Å²) in [6.45, 7) is 10.1. The molecule has 0 saturated carbocycles. The lowest BCUT2D eigenvalue weighted by molar-refractivity contribution is 0.0710. The van der Waals surface area contributed by atoms with Gasteiger partial charge in [-0.1, -0.05) is 13.3 Å². The van der Waals surface area contributed by atoms with E-state index < -0.39 is 0 Å². The molecule has 2 heteroatoms. The Balaban J connectivity index is 2.50. The Morgan fingerprint density at radius 2 is 2.15 bits per heavy atom. The van der Waals surface area contributed by atoms with E-state index in [-0.39, 0.29) is 5.54 Å². The molecule has 78 valence electrons. The highest BCUT2D eigenvalue weighted by Crippen LogP contribution is 2.24. The van der Waals surface area contributed by atoms with Crippen molar-refractivity contribution in [1.29, 1.82) is 0 Å². The van der Waals surface area contributed by atoms with Crippen LogP contribution in [0.5, 0.6) is 0 Å². The normalized spacial score (nSPS) is 26.3. The zero-order valence-electron chi connectivity index (χ0n) is 9.34. The summed E-state index contributed by atoms with van der Waals surface area (Å²) < 4.78 is 0. The highest BCUT2D eigenvalue weighted by atomic mass is 15.2. The van der Waals surface area contributed by atoms with Crippen molar-refractivity contribution < 1.29 is 0 Å². The SMILES string of the molecule is CCC1CCCN(C(C)(C)CN)C1. The molecule has 1 rings (SSSR count). The lowest BCUT2D eigenvalue weighted by Crippen LogP contribution is -2.53. The molecule has 0 amide bonds. The summed E-state index contributed by atoms with van der Waals surface area (Å²) in [5.74, 6) is 0.902. The van der Waals surface area contributed by atoms with Crippen LogP contribution in [0.3, 0.4) is 0 Å². The monoisotopic (exact) mass is 184 g/mol. The summed E-state index contributed by atoms with van der Waals surface area (Å²) in [6, 6.07) is 0. The molecule has 0 aromatic carbocycles. The fraction of sp³-hybridized carbons (Fsp3) is 1.00. The van der Waals surface area contributed by atoms with E-state index in [1.54, 1.807) is 0 Å². The lowest BCUT2D eigenvalue weighted by Gasteiger charge is -2.43. The van der Waals surface area contributed by atoms with Crippen molar-refractivity contribution in [2.24, 2.45) is 11.7 Å². The Bertz CT molecular complexity index is 154. The smallest absolute Gasteiger partial charge is 0.0275 e. The molecule has 2 nitrogen and oxygen atoms in total. The van der Waals surface area contributed by atoms with E-state index in [9.17, 15) is 0 Å². The number of hydrogen-bond donors (Lipinski definition) is 1. The zero-order valence-corrected chi connectivity index (χ0v) is 9.34. The predicted molar refractivity (Wildman–Crippen MR) is 57.7 cm³/mol. The molecule has 0 aromatic heterocycles. The topological polar surface area (TPSA) is 29.3 Å². The van der Waals surface area contributed by atoms with Crippen molar-refractivity contribution in [2.75, 3.05) is 19.6 Å². The highest BCUT2D eigenvalue weighted by Gasteiger charge is 2.29. The zero-order chi connectivity index (χ0) is 9.90. The van der Waals surface area contributed by atoms with E-state index in [0.29, 0.717) is 0 Å². The van der Waals surface area contributed by atoms with Crippen LogP contribution < -0.4 is 5.73 Å². The second-order valence-corrected chi connectivity index (χ2v) is 4.88. The van der Waals surface area contributed by atoms with Crippen LogP contribution in [0.1, 0.15) is 40.0 Å². The Hall–Kier alpha value is -0.0800. The van der Waals surface area contributed by atoms with E-state index in [4.69, 9.17) is 5.73 Å². The molecule has 1 unspecified atom stereocenters. The molecule has 1 atom stereocenters. The number of hydrogen-bond acceptors (Lipinski definition) is 2. The third-order valence-corrected chi connectivity index (χ3v) is 3.45.